The third-order valence-corrected chi connectivity index (χ3v) is 4.28. The minimum Gasteiger partial charge on any atom is -0.387 e. The van der Waals surface area contributed by atoms with Crippen LogP contribution in [0.3, 0.4) is 0 Å². The van der Waals surface area contributed by atoms with E-state index in [1.165, 1.54) is 4.88 Å². The van der Waals surface area contributed by atoms with E-state index >= 15 is 0 Å². The lowest BCUT2D eigenvalue weighted by Crippen LogP contribution is -2.01. The van der Waals surface area contributed by atoms with Gasteiger partial charge in [0, 0.05) is 17.3 Å². The number of fused-ring (bicyclic) bond motifs is 1. The van der Waals surface area contributed by atoms with Crippen LogP contribution >= 0.6 is 11.3 Å². The van der Waals surface area contributed by atoms with E-state index in [-0.39, 0.29) is 0 Å². The zero-order valence-corrected chi connectivity index (χ0v) is 11.6. The van der Waals surface area contributed by atoms with Crippen LogP contribution in [0, 0.1) is 0 Å². The quantitative estimate of drug-likeness (QED) is 0.791. The van der Waals surface area contributed by atoms with Gasteiger partial charge in [0.15, 0.2) is 0 Å². The van der Waals surface area contributed by atoms with E-state index in [1.807, 2.05) is 42.1 Å². The number of thiophene rings is 1. The Labute approximate surface area is 116 Å². The highest BCUT2D eigenvalue weighted by molar-refractivity contribution is 7.09. The molecular weight excluding hydrogens is 256 g/mol. The van der Waals surface area contributed by atoms with Crippen LogP contribution in [0.4, 0.5) is 0 Å². The van der Waals surface area contributed by atoms with Gasteiger partial charge in [-0.05, 0) is 30.4 Å². The van der Waals surface area contributed by atoms with E-state index in [1.54, 1.807) is 11.3 Å². The van der Waals surface area contributed by atoms with Gasteiger partial charge in [0.05, 0.1) is 17.3 Å². The van der Waals surface area contributed by atoms with Gasteiger partial charge in [-0.3, -0.25) is 4.68 Å². The van der Waals surface area contributed by atoms with Crippen molar-refractivity contribution < 1.29 is 5.11 Å². The number of para-hydroxylation sites is 1. The summed E-state index contributed by atoms with van der Waals surface area (Å²) in [6.07, 6.45) is 1.10. The Morgan fingerprint density at radius 1 is 1.26 bits per heavy atom. The SMILES string of the molecule is Cn1nc(C(O)CCc2cccs2)c2ccccc21. The second kappa shape index (κ2) is 5.15. The highest BCUT2D eigenvalue weighted by Crippen LogP contribution is 2.26. The lowest BCUT2D eigenvalue weighted by molar-refractivity contribution is 0.164. The number of benzene rings is 1. The first kappa shape index (κ1) is 12.4. The molecule has 0 radical (unpaired) electrons. The van der Waals surface area contributed by atoms with E-state index in [2.05, 4.69) is 16.5 Å². The number of aromatic nitrogens is 2. The molecule has 0 saturated carbocycles. The number of hydrogen-bond acceptors (Lipinski definition) is 3. The molecule has 1 N–H and O–H groups in total. The van der Waals surface area contributed by atoms with E-state index in [4.69, 9.17) is 0 Å². The minimum absolute atomic E-state index is 0.506. The Bertz CT molecular complexity index is 673. The molecule has 0 amide bonds. The fourth-order valence-corrected chi connectivity index (χ4v) is 3.08. The molecule has 0 saturated heterocycles. The molecule has 98 valence electrons. The fourth-order valence-electron chi connectivity index (χ4n) is 2.36. The standard InChI is InChI=1S/C15H16N2OS/c1-17-13-7-3-2-6-12(13)15(16-17)14(18)9-8-11-5-4-10-19-11/h2-7,10,14,18H,8-9H2,1H3. The summed E-state index contributed by atoms with van der Waals surface area (Å²) in [7, 11) is 1.91. The summed E-state index contributed by atoms with van der Waals surface area (Å²) in [5.74, 6) is 0. The summed E-state index contributed by atoms with van der Waals surface area (Å²) < 4.78 is 1.83. The third-order valence-electron chi connectivity index (χ3n) is 3.35. The normalized spacial score (nSPS) is 12.9. The maximum atomic E-state index is 10.4. The first-order valence-electron chi connectivity index (χ1n) is 6.38. The number of aryl methyl sites for hydroxylation is 2. The Kier molecular flexibility index (Phi) is 3.36. The Balaban J connectivity index is 1.83. The predicted molar refractivity (Wildman–Crippen MR) is 78.3 cm³/mol. The number of aliphatic hydroxyl groups is 1. The first-order chi connectivity index (χ1) is 9.25. The Morgan fingerprint density at radius 2 is 2.11 bits per heavy atom. The highest BCUT2D eigenvalue weighted by Gasteiger charge is 2.16. The molecule has 0 aliphatic carbocycles. The van der Waals surface area contributed by atoms with Crippen LogP contribution in [0.5, 0.6) is 0 Å². The van der Waals surface area contributed by atoms with Gasteiger partial charge >= 0.3 is 0 Å². The van der Waals surface area contributed by atoms with Crippen LogP contribution in [0.25, 0.3) is 10.9 Å². The molecule has 2 heterocycles. The van der Waals surface area contributed by atoms with Crippen molar-refractivity contribution in [1.29, 1.82) is 0 Å². The molecule has 0 spiro atoms. The Morgan fingerprint density at radius 3 is 2.89 bits per heavy atom. The molecule has 0 bridgehead atoms. The summed E-state index contributed by atoms with van der Waals surface area (Å²) in [4.78, 5) is 1.30. The average molecular weight is 272 g/mol. The van der Waals surface area contributed by atoms with Crippen LogP contribution in [0.15, 0.2) is 41.8 Å². The zero-order valence-electron chi connectivity index (χ0n) is 10.8. The number of nitrogens with zero attached hydrogens (tertiary/aromatic N) is 2. The largest absolute Gasteiger partial charge is 0.387 e. The van der Waals surface area contributed by atoms with Crippen molar-refractivity contribution >= 4 is 22.2 Å². The number of aliphatic hydroxyl groups excluding tert-OH is 1. The summed E-state index contributed by atoms with van der Waals surface area (Å²) in [6, 6.07) is 12.2. The lowest BCUT2D eigenvalue weighted by Gasteiger charge is -2.07. The van der Waals surface area contributed by atoms with Crippen molar-refractivity contribution in [3.8, 4) is 0 Å². The molecule has 0 aliphatic heterocycles. The van der Waals surface area contributed by atoms with E-state index in [0.29, 0.717) is 6.42 Å². The van der Waals surface area contributed by atoms with Gasteiger partial charge in [-0.1, -0.05) is 24.3 Å². The number of hydrogen-bond donors (Lipinski definition) is 1. The van der Waals surface area contributed by atoms with E-state index < -0.39 is 6.10 Å². The van der Waals surface area contributed by atoms with Gasteiger partial charge in [-0.25, -0.2) is 0 Å². The molecule has 19 heavy (non-hydrogen) atoms. The molecule has 3 nitrogen and oxygen atoms in total. The molecule has 0 fully saturated rings. The second-order valence-corrected chi connectivity index (χ2v) is 5.69. The van der Waals surface area contributed by atoms with Crippen LogP contribution < -0.4 is 0 Å². The van der Waals surface area contributed by atoms with E-state index in [9.17, 15) is 5.11 Å². The molecule has 0 aliphatic rings. The molecule has 1 unspecified atom stereocenters. The third kappa shape index (κ3) is 2.41. The molecule has 3 aromatic rings. The van der Waals surface area contributed by atoms with Gasteiger partial charge in [0.25, 0.3) is 0 Å². The van der Waals surface area contributed by atoms with Crippen LogP contribution in [-0.2, 0) is 13.5 Å². The van der Waals surface area contributed by atoms with Crippen LogP contribution in [0.2, 0.25) is 0 Å². The maximum Gasteiger partial charge on any atom is 0.0988 e. The predicted octanol–water partition coefficient (Wildman–Crippen LogP) is 3.30. The van der Waals surface area contributed by atoms with Gasteiger partial charge in [-0.2, -0.15) is 5.10 Å². The van der Waals surface area contributed by atoms with Gasteiger partial charge in [0.2, 0.25) is 0 Å². The van der Waals surface area contributed by atoms with Crippen LogP contribution in [-0.4, -0.2) is 14.9 Å². The first-order valence-corrected chi connectivity index (χ1v) is 7.26. The molecule has 1 atom stereocenters. The van der Waals surface area contributed by atoms with Crippen LogP contribution in [0.1, 0.15) is 23.1 Å². The van der Waals surface area contributed by atoms with E-state index in [0.717, 1.165) is 23.0 Å². The van der Waals surface area contributed by atoms with Gasteiger partial charge < -0.3 is 5.11 Å². The van der Waals surface area contributed by atoms with Crippen molar-refractivity contribution in [1.82, 2.24) is 9.78 Å². The fraction of sp³-hybridized carbons (Fsp3) is 0.267. The summed E-state index contributed by atoms with van der Waals surface area (Å²) in [5, 5.41) is 17.9. The van der Waals surface area contributed by atoms with Crippen molar-refractivity contribution in [2.24, 2.45) is 7.05 Å². The van der Waals surface area contributed by atoms with Crippen molar-refractivity contribution in [3.05, 3.63) is 52.3 Å². The summed E-state index contributed by atoms with van der Waals surface area (Å²) in [6.45, 7) is 0. The molecule has 4 heteroatoms. The molecular formula is C15H16N2OS. The Hall–Kier alpha value is -1.65. The highest BCUT2D eigenvalue weighted by atomic mass is 32.1. The molecule has 1 aromatic carbocycles. The second-order valence-electron chi connectivity index (χ2n) is 4.66. The van der Waals surface area contributed by atoms with Gasteiger partial charge in [-0.15, -0.1) is 11.3 Å². The maximum absolute atomic E-state index is 10.4. The van der Waals surface area contributed by atoms with Crippen molar-refractivity contribution in [3.63, 3.8) is 0 Å². The monoisotopic (exact) mass is 272 g/mol. The zero-order chi connectivity index (χ0) is 13.2. The average Bonchev–Trinajstić information content (AvgIpc) is 3.05. The van der Waals surface area contributed by atoms with Gasteiger partial charge in [0.1, 0.15) is 0 Å². The minimum atomic E-state index is -0.506. The summed E-state index contributed by atoms with van der Waals surface area (Å²) >= 11 is 1.73. The number of rotatable bonds is 4. The smallest absolute Gasteiger partial charge is 0.0988 e. The molecule has 3 rings (SSSR count). The van der Waals surface area contributed by atoms with Crippen molar-refractivity contribution in [2.75, 3.05) is 0 Å². The van der Waals surface area contributed by atoms with Crippen molar-refractivity contribution in [2.45, 2.75) is 18.9 Å². The summed E-state index contributed by atoms with van der Waals surface area (Å²) in [5.41, 5.74) is 1.85. The molecule has 2 aromatic heterocycles. The lowest BCUT2D eigenvalue weighted by atomic mass is 10.1. The topological polar surface area (TPSA) is 38.0 Å².